The molecule has 0 N–H and O–H groups in total. The second-order valence-electron chi connectivity index (χ2n) is 3.91. The molecule has 0 saturated heterocycles. The minimum absolute atomic E-state index is 0.0254. The number of benzene rings is 1. The molecule has 0 atom stereocenters. The topological polar surface area (TPSA) is 20.3 Å². The van der Waals surface area contributed by atoms with Gasteiger partial charge in [-0.3, -0.25) is 4.79 Å². The van der Waals surface area contributed by atoms with Crippen LogP contribution in [0.1, 0.15) is 29.3 Å². The first-order valence-corrected chi connectivity index (χ1v) is 6.62. The van der Waals surface area contributed by atoms with Gasteiger partial charge in [0, 0.05) is 19.0 Å². The van der Waals surface area contributed by atoms with E-state index in [9.17, 15) is 4.79 Å². The molecule has 0 aliphatic rings. The minimum atomic E-state index is -0.0254. The first-order valence-electron chi connectivity index (χ1n) is 5.71. The summed E-state index contributed by atoms with van der Waals surface area (Å²) in [7, 11) is 0. The van der Waals surface area contributed by atoms with Crippen LogP contribution in [0.5, 0.6) is 0 Å². The monoisotopic (exact) mass is 273 g/mol. The maximum Gasteiger partial charge on any atom is 0.255 e. The van der Waals surface area contributed by atoms with E-state index < -0.39 is 0 Å². The predicted molar refractivity (Wildman–Crippen MR) is 73.1 cm³/mol. The van der Waals surface area contributed by atoms with Crippen LogP contribution in [0.15, 0.2) is 18.2 Å². The fraction of sp³-hybridized carbons (Fsp3) is 0.462. The molecule has 1 rings (SSSR count). The van der Waals surface area contributed by atoms with E-state index in [2.05, 4.69) is 0 Å². The van der Waals surface area contributed by atoms with Gasteiger partial charge in [-0.05, 0) is 38.0 Å². The molecular formula is C13H17Cl2NO. The van der Waals surface area contributed by atoms with Crippen LogP contribution in [0.4, 0.5) is 0 Å². The molecule has 0 heterocycles. The van der Waals surface area contributed by atoms with Crippen LogP contribution >= 0.6 is 23.2 Å². The van der Waals surface area contributed by atoms with E-state index in [1.807, 2.05) is 26.0 Å². The van der Waals surface area contributed by atoms with Crippen molar-refractivity contribution in [2.75, 3.05) is 19.0 Å². The molecule has 0 aliphatic heterocycles. The maximum atomic E-state index is 12.2. The first-order chi connectivity index (χ1) is 8.10. The number of nitrogens with zero attached hydrogens (tertiary/aromatic N) is 1. The molecule has 0 spiro atoms. The first kappa shape index (κ1) is 14.3. The molecule has 1 amide bonds. The van der Waals surface area contributed by atoms with Crippen LogP contribution < -0.4 is 0 Å². The fourth-order valence-electron chi connectivity index (χ4n) is 1.62. The summed E-state index contributed by atoms with van der Waals surface area (Å²) in [6, 6.07) is 5.49. The number of halogens is 2. The van der Waals surface area contributed by atoms with Crippen molar-refractivity contribution >= 4 is 29.1 Å². The molecule has 4 heteroatoms. The standard InChI is InChI=1S/C13H17Cl2NO/c1-3-16(8-4-7-14)13(17)11-6-5-10(2)9-12(11)15/h5-6,9H,3-4,7-8H2,1-2H3. The molecule has 1 aromatic rings. The predicted octanol–water partition coefficient (Wildman–Crippen LogP) is 3.74. The average Bonchev–Trinajstić information content (AvgIpc) is 2.29. The summed E-state index contributed by atoms with van der Waals surface area (Å²) in [6.07, 6.45) is 0.796. The van der Waals surface area contributed by atoms with Crippen LogP contribution in [-0.2, 0) is 0 Å². The minimum Gasteiger partial charge on any atom is -0.339 e. The van der Waals surface area contributed by atoms with Crippen molar-refractivity contribution in [2.24, 2.45) is 0 Å². The van der Waals surface area contributed by atoms with E-state index >= 15 is 0 Å². The van der Waals surface area contributed by atoms with Gasteiger partial charge in [0.15, 0.2) is 0 Å². The van der Waals surface area contributed by atoms with E-state index in [0.717, 1.165) is 12.0 Å². The number of amides is 1. The van der Waals surface area contributed by atoms with Gasteiger partial charge in [-0.15, -0.1) is 11.6 Å². The van der Waals surface area contributed by atoms with Crippen LogP contribution in [0.2, 0.25) is 5.02 Å². The Morgan fingerprint density at radius 3 is 2.65 bits per heavy atom. The summed E-state index contributed by atoms with van der Waals surface area (Å²) in [4.78, 5) is 14.0. The van der Waals surface area contributed by atoms with Gasteiger partial charge < -0.3 is 4.90 Å². The van der Waals surface area contributed by atoms with Crippen molar-refractivity contribution in [3.05, 3.63) is 34.3 Å². The van der Waals surface area contributed by atoms with E-state index in [0.29, 0.717) is 29.6 Å². The number of hydrogen-bond donors (Lipinski definition) is 0. The van der Waals surface area contributed by atoms with Crippen molar-refractivity contribution in [1.82, 2.24) is 4.90 Å². The molecule has 0 fully saturated rings. The van der Waals surface area contributed by atoms with Crippen LogP contribution in [0, 0.1) is 6.92 Å². The summed E-state index contributed by atoms with van der Waals surface area (Å²) in [5, 5.41) is 0.513. The highest BCUT2D eigenvalue weighted by atomic mass is 35.5. The van der Waals surface area contributed by atoms with Crippen LogP contribution in [0.25, 0.3) is 0 Å². The van der Waals surface area contributed by atoms with Crippen molar-refractivity contribution in [3.63, 3.8) is 0 Å². The van der Waals surface area contributed by atoms with Gasteiger partial charge in [-0.2, -0.15) is 0 Å². The van der Waals surface area contributed by atoms with Gasteiger partial charge in [0.25, 0.3) is 5.91 Å². The summed E-state index contributed by atoms with van der Waals surface area (Å²) in [5.74, 6) is 0.536. The smallest absolute Gasteiger partial charge is 0.255 e. The van der Waals surface area contributed by atoms with Crippen molar-refractivity contribution in [3.8, 4) is 0 Å². The lowest BCUT2D eigenvalue weighted by molar-refractivity contribution is 0.0765. The highest BCUT2D eigenvalue weighted by Gasteiger charge is 2.16. The van der Waals surface area contributed by atoms with Gasteiger partial charge >= 0.3 is 0 Å². The number of aryl methyl sites for hydroxylation is 1. The van der Waals surface area contributed by atoms with E-state index in [1.54, 1.807) is 11.0 Å². The zero-order valence-electron chi connectivity index (χ0n) is 10.2. The van der Waals surface area contributed by atoms with Gasteiger partial charge in [-0.25, -0.2) is 0 Å². The summed E-state index contributed by atoms with van der Waals surface area (Å²) in [6.45, 7) is 5.24. The lowest BCUT2D eigenvalue weighted by Gasteiger charge is -2.21. The quantitative estimate of drug-likeness (QED) is 0.749. The van der Waals surface area contributed by atoms with Gasteiger partial charge in [0.2, 0.25) is 0 Å². The summed E-state index contributed by atoms with van der Waals surface area (Å²) >= 11 is 11.7. The van der Waals surface area contributed by atoms with Gasteiger partial charge in [-0.1, -0.05) is 17.7 Å². The zero-order chi connectivity index (χ0) is 12.8. The lowest BCUT2D eigenvalue weighted by atomic mass is 10.1. The van der Waals surface area contributed by atoms with Crippen LogP contribution in [-0.4, -0.2) is 29.8 Å². The van der Waals surface area contributed by atoms with Crippen molar-refractivity contribution < 1.29 is 4.79 Å². The van der Waals surface area contributed by atoms with E-state index in [1.165, 1.54) is 0 Å². The molecule has 0 aliphatic carbocycles. The number of rotatable bonds is 5. The van der Waals surface area contributed by atoms with Crippen molar-refractivity contribution in [2.45, 2.75) is 20.3 Å². The SMILES string of the molecule is CCN(CCCCl)C(=O)c1ccc(C)cc1Cl. The number of carbonyl (C=O) groups is 1. The Bertz CT molecular complexity index is 393. The number of hydrogen-bond acceptors (Lipinski definition) is 1. The molecule has 17 heavy (non-hydrogen) atoms. The van der Waals surface area contributed by atoms with Crippen LogP contribution in [0.3, 0.4) is 0 Å². The summed E-state index contributed by atoms with van der Waals surface area (Å²) < 4.78 is 0. The van der Waals surface area contributed by atoms with Gasteiger partial charge in [0.1, 0.15) is 0 Å². The Morgan fingerprint density at radius 2 is 2.12 bits per heavy atom. The average molecular weight is 274 g/mol. The fourth-order valence-corrected chi connectivity index (χ4v) is 2.05. The third-order valence-electron chi connectivity index (χ3n) is 2.59. The molecule has 1 aromatic carbocycles. The highest BCUT2D eigenvalue weighted by molar-refractivity contribution is 6.33. The molecule has 0 saturated carbocycles. The maximum absolute atomic E-state index is 12.2. The van der Waals surface area contributed by atoms with Crippen molar-refractivity contribution in [1.29, 1.82) is 0 Å². The third-order valence-corrected chi connectivity index (χ3v) is 3.17. The zero-order valence-corrected chi connectivity index (χ0v) is 11.7. The second-order valence-corrected chi connectivity index (χ2v) is 4.70. The largest absolute Gasteiger partial charge is 0.339 e. The Hall–Kier alpha value is -0.730. The third kappa shape index (κ3) is 3.90. The normalized spacial score (nSPS) is 10.4. The molecule has 94 valence electrons. The lowest BCUT2D eigenvalue weighted by Crippen LogP contribution is -2.32. The molecule has 2 nitrogen and oxygen atoms in total. The van der Waals surface area contributed by atoms with Gasteiger partial charge in [0.05, 0.1) is 10.6 Å². The Morgan fingerprint density at radius 1 is 1.41 bits per heavy atom. The molecule has 0 radical (unpaired) electrons. The Balaban J connectivity index is 2.86. The summed E-state index contributed by atoms with van der Waals surface area (Å²) in [5.41, 5.74) is 1.61. The number of alkyl halides is 1. The Labute approximate surface area is 113 Å². The second kappa shape index (κ2) is 6.87. The molecule has 0 aromatic heterocycles. The molecule has 0 bridgehead atoms. The van der Waals surface area contributed by atoms with E-state index in [4.69, 9.17) is 23.2 Å². The van der Waals surface area contributed by atoms with E-state index in [-0.39, 0.29) is 5.91 Å². The Kier molecular flexibility index (Phi) is 5.79. The molecule has 0 unspecified atom stereocenters. The number of carbonyl (C=O) groups excluding carboxylic acids is 1. The highest BCUT2D eigenvalue weighted by Crippen LogP contribution is 2.19. The molecular weight excluding hydrogens is 257 g/mol.